The minimum absolute atomic E-state index is 0.134. The Morgan fingerprint density at radius 1 is 1.14 bits per heavy atom. The molecule has 1 aliphatic rings. The maximum absolute atomic E-state index is 12.6. The maximum atomic E-state index is 12.6. The summed E-state index contributed by atoms with van der Waals surface area (Å²) in [7, 11) is 1.57. The molecular weight excluding hydrogens is 571 g/mol. The van der Waals surface area contributed by atoms with Gasteiger partial charge in [-0.15, -0.1) is 0 Å². The van der Waals surface area contributed by atoms with Gasteiger partial charge in [-0.1, -0.05) is 60.1 Å². The summed E-state index contributed by atoms with van der Waals surface area (Å²) in [5.41, 5.74) is 3.57. The van der Waals surface area contributed by atoms with Crippen molar-refractivity contribution in [3.63, 3.8) is 0 Å². The zero-order valence-electron chi connectivity index (χ0n) is 19.0. The minimum atomic E-state index is -0.252. The van der Waals surface area contributed by atoms with E-state index in [2.05, 4.69) is 45.6 Å². The van der Waals surface area contributed by atoms with Crippen molar-refractivity contribution in [2.45, 2.75) is 25.4 Å². The molecule has 5 nitrogen and oxygen atoms in total. The number of amides is 1. The van der Waals surface area contributed by atoms with Gasteiger partial charge in [0.25, 0.3) is 5.91 Å². The van der Waals surface area contributed by atoms with E-state index >= 15 is 0 Å². The first kappa shape index (κ1) is 25.8. The molecule has 3 aromatic rings. The fraction of sp³-hybridized carbons (Fsp3) is 0.192. The third kappa shape index (κ3) is 6.47. The van der Waals surface area contributed by atoms with Crippen LogP contribution < -0.4 is 20.1 Å². The number of methoxy groups -OCH3 is 1. The molecule has 0 aromatic heterocycles. The SMILES string of the molecule is CCc1ccc(N[C@@H]2NC(=O)/C(=C/c3cc(Br)c(OCc4ccc(Cl)cc4Cl)c(OC)c3)S2)cc1. The summed E-state index contributed by atoms with van der Waals surface area (Å²) in [5, 5.41) is 7.39. The molecule has 0 saturated carbocycles. The van der Waals surface area contributed by atoms with Crippen molar-refractivity contribution in [3.05, 3.63) is 90.7 Å². The van der Waals surface area contributed by atoms with E-state index in [0.717, 1.165) is 23.2 Å². The Morgan fingerprint density at radius 2 is 1.91 bits per heavy atom. The van der Waals surface area contributed by atoms with Crippen molar-refractivity contribution in [2.75, 3.05) is 12.4 Å². The number of rotatable bonds is 8. The number of benzene rings is 3. The third-order valence-corrected chi connectivity index (χ3v) is 7.53. The van der Waals surface area contributed by atoms with E-state index in [1.165, 1.54) is 17.3 Å². The third-order valence-electron chi connectivity index (χ3n) is 5.33. The maximum Gasteiger partial charge on any atom is 0.260 e. The molecule has 1 atom stereocenters. The van der Waals surface area contributed by atoms with Gasteiger partial charge in [0, 0.05) is 21.3 Å². The molecule has 0 aliphatic carbocycles. The highest BCUT2D eigenvalue weighted by molar-refractivity contribution is 9.10. The van der Waals surface area contributed by atoms with Gasteiger partial charge < -0.3 is 20.1 Å². The van der Waals surface area contributed by atoms with E-state index in [1.807, 2.05) is 36.4 Å². The van der Waals surface area contributed by atoms with E-state index < -0.39 is 0 Å². The second kappa shape index (κ2) is 11.6. The number of carbonyl (C=O) groups is 1. The van der Waals surface area contributed by atoms with Gasteiger partial charge in [0.15, 0.2) is 17.0 Å². The van der Waals surface area contributed by atoms with Crippen molar-refractivity contribution in [3.8, 4) is 11.5 Å². The Morgan fingerprint density at radius 3 is 2.60 bits per heavy atom. The molecule has 0 spiro atoms. The van der Waals surface area contributed by atoms with Gasteiger partial charge >= 0.3 is 0 Å². The summed E-state index contributed by atoms with van der Waals surface area (Å²) in [4.78, 5) is 13.2. The predicted octanol–water partition coefficient (Wildman–Crippen LogP) is 7.51. The molecule has 9 heteroatoms. The number of halogens is 3. The van der Waals surface area contributed by atoms with E-state index in [9.17, 15) is 4.79 Å². The number of nitrogens with one attached hydrogen (secondary N) is 2. The highest BCUT2D eigenvalue weighted by Gasteiger charge is 2.27. The van der Waals surface area contributed by atoms with Crippen molar-refractivity contribution < 1.29 is 14.3 Å². The molecule has 4 rings (SSSR count). The van der Waals surface area contributed by atoms with Crippen LogP contribution in [0.25, 0.3) is 6.08 Å². The van der Waals surface area contributed by atoms with Crippen LogP contribution in [0.1, 0.15) is 23.6 Å². The van der Waals surface area contributed by atoms with E-state index in [0.29, 0.717) is 30.9 Å². The summed E-state index contributed by atoms with van der Waals surface area (Å²) in [6, 6.07) is 17.2. The normalized spacial score (nSPS) is 16.3. The molecule has 1 saturated heterocycles. The topological polar surface area (TPSA) is 59.6 Å². The Labute approximate surface area is 227 Å². The first-order chi connectivity index (χ1) is 16.9. The van der Waals surface area contributed by atoms with Gasteiger partial charge in [0.05, 0.1) is 16.5 Å². The molecule has 1 aliphatic heterocycles. The molecule has 3 aromatic carbocycles. The van der Waals surface area contributed by atoms with Gasteiger partial charge in [-0.25, -0.2) is 0 Å². The molecule has 0 unspecified atom stereocenters. The number of anilines is 1. The largest absolute Gasteiger partial charge is 0.493 e. The molecule has 1 fully saturated rings. The molecule has 0 radical (unpaired) electrons. The van der Waals surface area contributed by atoms with Crippen molar-refractivity contribution in [2.24, 2.45) is 0 Å². The average molecular weight is 594 g/mol. The monoisotopic (exact) mass is 592 g/mol. The number of thioether (sulfide) groups is 1. The predicted molar refractivity (Wildman–Crippen MR) is 148 cm³/mol. The zero-order chi connectivity index (χ0) is 24.9. The first-order valence-corrected chi connectivity index (χ1v) is 13.3. The molecular formula is C26H23BrCl2N2O3S. The van der Waals surface area contributed by atoms with Crippen LogP contribution in [-0.2, 0) is 17.8 Å². The van der Waals surface area contributed by atoms with Gasteiger partial charge in [-0.3, -0.25) is 4.79 Å². The average Bonchev–Trinajstić information content (AvgIpc) is 3.17. The van der Waals surface area contributed by atoms with Crippen LogP contribution >= 0.6 is 50.9 Å². The number of carbonyl (C=O) groups excluding carboxylic acids is 1. The lowest BCUT2D eigenvalue weighted by atomic mass is 10.1. The highest BCUT2D eigenvalue weighted by atomic mass is 79.9. The van der Waals surface area contributed by atoms with Crippen LogP contribution in [0, 0.1) is 0 Å². The van der Waals surface area contributed by atoms with E-state index in [-0.39, 0.29) is 18.0 Å². The molecule has 0 bridgehead atoms. The van der Waals surface area contributed by atoms with Crippen molar-refractivity contribution in [1.29, 1.82) is 0 Å². The van der Waals surface area contributed by atoms with Gasteiger partial charge in [0.1, 0.15) is 6.61 Å². The molecule has 1 heterocycles. The Hall–Kier alpha value is -2.32. The lowest BCUT2D eigenvalue weighted by molar-refractivity contribution is -0.116. The quantitative estimate of drug-likeness (QED) is 0.265. The summed E-state index contributed by atoms with van der Waals surface area (Å²) in [6.07, 6.45) is 2.81. The molecule has 35 heavy (non-hydrogen) atoms. The zero-order valence-corrected chi connectivity index (χ0v) is 22.9. The molecule has 2 N–H and O–H groups in total. The fourth-order valence-corrected chi connectivity index (χ4v) is 5.48. The Balaban J connectivity index is 1.47. The van der Waals surface area contributed by atoms with E-state index in [4.69, 9.17) is 32.7 Å². The molecule has 182 valence electrons. The minimum Gasteiger partial charge on any atom is -0.493 e. The Kier molecular flexibility index (Phi) is 8.55. The van der Waals surface area contributed by atoms with Crippen LogP contribution in [0.15, 0.2) is 64.0 Å². The smallest absolute Gasteiger partial charge is 0.260 e. The first-order valence-electron chi connectivity index (χ1n) is 10.8. The standard InChI is InChI=1S/C26H23BrCl2N2O3S/c1-3-15-4-8-19(9-5-15)30-26-31-25(32)23(35-26)12-16-10-20(27)24(22(11-16)33-2)34-14-17-6-7-18(28)13-21(17)29/h4-13,26,30H,3,14H2,1-2H3,(H,31,32)/b23-12-/t26-/m1/s1. The Bertz CT molecular complexity index is 1270. The summed E-state index contributed by atoms with van der Waals surface area (Å²) >= 11 is 17.2. The lowest BCUT2D eigenvalue weighted by Crippen LogP contribution is -2.30. The van der Waals surface area contributed by atoms with Gasteiger partial charge in [0.2, 0.25) is 0 Å². The summed E-state index contributed by atoms with van der Waals surface area (Å²) in [5.74, 6) is 0.940. The van der Waals surface area contributed by atoms with Crippen LogP contribution in [-0.4, -0.2) is 18.5 Å². The van der Waals surface area contributed by atoms with Crippen LogP contribution in [0.3, 0.4) is 0 Å². The van der Waals surface area contributed by atoms with Gasteiger partial charge in [-0.05, 0) is 76.0 Å². The lowest BCUT2D eigenvalue weighted by Gasteiger charge is -2.14. The second-order valence-electron chi connectivity index (χ2n) is 7.73. The summed E-state index contributed by atoms with van der Waals surface area (Å²) in [6.45, 7) is 2.37. The second-order valence-corrected chi connectivity index (χ2v) is 10.6. The van der Waals surface area contributed by atoms with Gasteiger partial charge in [-0.2, -0.15) is 0 Å². The fourth-order valence-electron chi connectivity index (χ4n) is 3.46. The number of aryl methyl sites for hydroxylation is 1. The summed E-state index contributed by atoms with van der Waals surface area (Å²) < 4.78 is 12.3. The van der Waals surface area contributed by atoms with Crippen molar-refractivity contribution >= 4 is 68.6 Å². The van der Waals surface area contributed by atoms with E-state index in [1.54, 1.807) is 19.2 Å². The van der Waals surface area contributed by atoms with Crippen LogP contribution in [0.5, 0.6) is 11.5 Å². The highest BCUT2D eigenvalue weighted by Crippen LogP contribution is 2.39. The van der Waals surface area contributed by atoms with Crippen molar-refractivity contribution in [1.82, 2.24) is 5.32 Å². The number of hydrogen-bond donors (Lipinski definition) is 2. The van der Waals surface area contributed by atoms with Crippen LogP contribution in [0.2, 0.25) is 10.0 Å². The molecule has 1 amide bonds. The van der Waals surface area contributed by atoms with Crippen LogP contribution in [0.4, 0.5) is 5.69 Å². The number of hydrogen-bond acceptors (Lipinski definition) is 5. The number of ether oxygens (including phenoxy) is 2.